The van der Waals surface area contributed by atoms with Crippen LogP contribution in [0.15, 0.2) is 4.79 Å². The van der Waals surface area contributed by atoms with E-state index in [0.717, 1.165) is 6.16 Å². The van der Waals surface area contributed by atoms with Gasteiger partial charge < -0.3 is 25.7 Å². The molecule has 1 aliphatic heterocycles. The molecule has 10 heteroatoms. The Kier molecular flexibility index (Phi) is 4.53. The molecule has 3 heterocycles. The second-order valence-corrected chi connectivity index (χ2v) is 11.5. The third-order valence-corrected chi connectivity index (χ3v) is 5.78. The first-order valence-corrected chi connectivity index (χ1v) is 11.1. The zero-order valence-electron chi connectivity index (χ0n) is 14.5. The number of aromatic amines is 1. The van der Waals surface area contributed by atoms with E-state index in [1.807, 2.05) is 0 Å². The van der Waals surface area contributed by atoms with Gasteiger partial charge in [0.2, 0.25) is 5.95 Å². The van der Waals surface area contributed by atoms with Crippen molar-refractivity contribution in [1.82, 2.24) is 19.5 Å². The molecule has 4 atom stereocenters. The Morgan fingerprint density at radius 3 is 2.68 bits per heavy atom. The average Bonchev–Trinajstić information content (AvgIpc) is 2.95. The summed E-state index contributed by atoms with van der Waals surface area (Å²) in [6, 6.07) is 0. The molecule has 0 spiro atoms. The van der Waals surface area contributed by atoms with Crippen LogP contribution in [0.25, 0.3) is 11.2 Å². The number of hydrogen-bond donors (Lipinski definition) is 4. The topological polar surface area (TPSA) is 139 Å². The number of aryl methyl sites for hydroxylation is 1. The van der Waals surface area contributed by atoms with Crippen LogP contribution in [0.2, 0.25) is 0 Å². The van der Waals surface area contributed by atoms with Gasteiger partial charge in [-0.1, -0.05) is 0 Å². The smallest absolute Gasteiger partial charge is 0.279 e. The van der Waals surface area contributed by atoms with Gasteiger partial charge in [0.1, 0.15) is 18.0 Å². The maximum atomic E-state index is 12.0. The number of ether oxygens (including phenoxy) is 1. The summed E-state index contributed by atoms with van der Waals surface area (Å²) < 4.78 is 7.25. The van der Waals surface area contributed by atoms with E-state index in [2.05, 4.69) is 34.6 Å². The van der Waals surface area contributed by atoms with Crippen LogP contribution in [0.1, 0.15) is 18.5 Å². The number of rotatable bonds is 4. The van der Waals surface area contributed by atoms with Gasteiger partial charge in [0.25, 0.3) is 5.56 Å². The Hall–Kier alpha value is -1.67. The standard InChI is InChI=1S/C15H24N5O4P/c1-7-17-12-9(13(23)18-7)19-15(16)20(12)14-11(22)10(21)8(24-14)5-6-25(2,3)4/h8,10-11,14,21-22H,2,5-6H2,1,3-4H3,(H2,16,19)(H,17,18,23)/t8?,10-,11-,14-/m1/s1. The highest BCUT2D eigenvalue weighted by Crippen LogP contribution is 2.40. The van der Waals surface area contributed by atoms with Crippen molar-refractivity contribution in [3.8, 4) is 0 Å². The molecule has 1 aliphatic rings. The summed E-state index contributed by atoms with van der Waals surface area (Å²) in [5.41, 5.74) is 5.81. The van der Waals surface area contributed by atoms with Gasteiger partial charge in [0.15, 0.2) is 17.4 Å². The molecular weight excluding hydrogens is 345 g/mol. The fraction of sp³-hybridized carbons (Fsp3) is 0.600. The van der Waals surface area contributed by atoms with Crippen molar-refractivity contribution in [3.05, 3.63) is 16.2 Å². The van der Waals surface area contributed by atoms with E-state index in [4.69, 9.17) is 10.5 Å². The molecule has 0 radical (unpaired) electrons. The van der Waals surface area contributed by atoms with Crippen LogP contribution in [-0.2, 0) is 4.74 Å². The number of hydrogen-bond acceptors (Lipinski definition) is 7. The highest BCUT2D eigenvalue weighted by atomic mass is 31.2. The van der Waals surface area contributed by atoms with E-state index < -0.39 is 37.0 Å². The van der Waals surface area contributed by atoms with Crippen molar-refractivity contribution >= 4 is 30.3 Å². The number of fused-ring (bicyclic) bond motifs is 1. The summed E-state index contributed by atoms with van der Waals surface area (Å²) in [7, 11) is 0. The molecule has 0 saturated carbocycles. The number of aliphatic hydroxyl groups is 2. The third-order valence-electron chi connectivity index (χ3n) is 4.31. The van der Waals surface area contributed by atoms with Gasteiger partial charge >= 0.3 is 0 Å². The molecule has 1 fully saturated rings. The SMILES string of the molecule is C=P(C)(C)CCC1O[C@@H](n2c(N)nc3c(=O)[nH]c(C)nc32)[C@H](O)[C@@H]1O. The predicted octanol–water partition coefficient (Wildman–Crippen LogP) is -0.271. The van der Waals surface area contributed by atoms with Crippen molar-refractivity contribution in [3.63, 3.8) is 0 Å². The lowest BCUT2D eigenvalue weighted by atomic mass is 10.1. The fourth-order valence-corrected chi connectivity index (χ4v) is 3.97. The number of aliphatic hydroxyl groups excluding tert-OH is 2. The minimum Gasteiger partial charge on any atom is -0.388 e. The largest absolute Gasteiger partial charge is 0.388 e. The first-order chi connectivity index (χ1) is 11.6. The van der Waals surface area contributed by atoms with Crippen LogP contribution in [0, 0.1) is 6.92 Å². The predicted molar refractivity (Wildman–Crippen MR) is 98.6 cm³/mol. The third kappa shape index (κ3) is 3.37. The molecule has 1 saturated heterocycles. The summed E-state index contributed by atoms with van der Waals surface area (Å²) >= 11 is 0. The monoisotopic (exact) mass is 369 g/mol. The number of imidazole rings is 1. The minimum atomic E-state index is -1.28. The van der Waals surface area contributed by atoms with Crippen molar-refractivity contribution in [1.29, 1.82) is 0 Å². The van der Waals surface area contributed by atoms with Crippen LogP contribution in [0.4, 0.5) is 5.95 Å². The lowest BCUT2D eigenvalue weighted by molar-refractivity contribution is -0.0340. The van der Waals surface area contributed by atoms with Gasteiger partial charge in [0.05, 0.1) is 6.10 Å². The summed E-state index contributed by atoms with van der Waals surface area (Å²) in [4.78, 5) is 22.9. The second kappa shape index (κ2) is 6.25. The van der Waals surface area contributed by atoms with Crippen molar-refractivity contribution in [2.45, 2.75) is 37.9 Å². The average molecular weight is 369 g/mol. The Balaban J connectivity index is 1.97. The fourth-order valence-electron chi connectivity index (χ4n) is 3.02. The lowest BCUT2D eigenvalue weighted by Gasteiger charge is -2.19. The van der Waals surface area contributed by atoms with Gasteiger partial charge in [0, 0.05) is 0 Å². The summed E-state index contributed by atoms with van der Waals surface area (Å²) in [5, 5.41) is 20.8. The molecule has 25 heavy (non-hydrogen) atoms. The molecule has 9 nitrogen and oxygen atoms in total. The number of nitrogens with zero attached hydrogens (tertiary/aromatic N) is 3. The van der Waals surface area contributed by atoms with Crippen LogP contribution in [0.3, 0.4) is 0 Å². The minimum absolute atomic E-state index is 0.000452. The van der Waals surface area contributed by atoms with Crippen LogP contribution in [-0.4, -0.2) is 73.8 Å². The Labute approximate surface area is 144 Å². The van der Waals surface area contributed by atoms with Gasteiger partial charge in [-0.3, -0.25) is 9.36 Å². The van der Waals surface area contributed by atoms with Crippen molar-refractivity contribution < 1.29 is 14.9 Å². The second-order valence-electron chi connectivity index (χ2n) is 7.16. The number of nitrogen functional groups attached to an aromatic ring is 1. The van der Waals surface area contributed by atoms with Crippen LogP contribution in [0.5, 0.6) is 0 Å². The molecule has 0 bridgehead atoms. The van der Waals surface area contributed by atoms with Crippen molar-refractivity contribution in [2.24, 2.45) is 0 Å². The number of nitrogens with two attached hydrogens (primary N) is 1. The van der Waals surface area contributed by atoms with Gasteiger partial charge in [-0.05, 0) is 32.8 Å². The summed E-state index contributed by atoms with van der Waals surface area (Å²) in [6.45, 7) is 4.56. The Morgan fingerprint density at radius 2 is 2.04 bits per heavy atom. The zero-order valence-corrected chi connectivity index (χ0v) is 15.4. The van der Waals surface area contributed by atoms with E-state index in [0.29, 0.717) is 12.2 Å². The molecule has 2 aromatic rings. The van der Waals surface area contributed by atoms with E-state index in [1.54, 1.807) is 6.92 Å². The Morgan fingerprint density at radius 1 is 1.36 bits per heavy atom. The normalized spacial score (nSPS) is 27.2. The molecule has 0 amide bonds. The zero-order chi connectivity index (χ0) is 18.5. The molecule has 3 rings (SSSR count). The molecule has 5 N–H and O–H groups in total. The first kappa shape index (κ1) is 18.1. The highest BCUT2D eigenvalue weighted by molar-refractivity contribution is 7.72. The molecule has 1 unspecified atom stereocenters. The van der Waals surface area contributed by atoms with Crippen LogP contribution >= 0.6 is 6.89 Å². The van der Waals surface area contributed by atoms with Gasteiger partial charge in [-0.15, -0.1) is 13.2 Å². The van der Waals surface area contributed by atoms with Crippen LogP contribution < -0.4 is 11.3 Å². The van der Waals surface area contributed by atoms with Gasteiger partial charge in [-0.2, -0.15) is 0 Å². The number of nitrogens with one attached hydrogen (secondary N) is 1. The maximum absolute atomic E-state index is 12.0. The van der Waals surface area contributed by atoms with E-state index in [1.165, 1.54) is 4.57 Å². The van der Waals surface area contributed by atoms with E-state index >= 15 is 0 Å². The number of aromatic nitrogens is 4. The summed E-state index contributed by atoms with van der Waals surface area (Å²) in [5.74, 6) is 0.396. The number of anilines is 1. The maximum Gasteiger partial charge on any atom is 0.279 e. The van der Waals surface area contributed by atoms with E-state index in [-0.39, 0.29) is 17.1 Å². The van der Waals surface area contributed by atoms with E-state index in [9.17, 15) is 15.0 Å². The molecule has 0 aromatic carbocycles. The molecule has 2 aromatic heterocycles. The number of H-pyrrole nitrogens is 1. The molecular formula is C15H24N5O4P. The van der Waals surface area contributed by atoms with Gasteiger partial charge in [-0.25, -0.2) is 9.97 Å². The lowest BCUT2D eigenvalue weighted by Crippen LogP contribution is -2.32. The summed E-state index contributed by atoms with van der Waals surface area (Å²) in [6.07, 6.45) is 1.80. The molecule has 0 aliphatic carbocycles. The molecule has 138 valence electrons. The first-order valence-electron chi connectivity index (χ1n) is 8.02. The highest BCUT2D eigenvalue weighted by Gasteiger charge is 2.45. The van der Waals surface area contributed by atoms with Crippen molar-refractivity contribution in [2.75, 3.05) is 25.2 Å². The quantitative estimate of drug-likeness (QED) is 0.544. The Bertz CT molecular complexity index is 901.